The minimum atomic E-state index is -0.551. The van der Waals surface area contributed by atoms with Crippen LogP contribution in [-0.2, 0) is 9.53 Å². The Kier molecular flexibility index (Phi) is 4.30. The average Bonchev–Trinajstić information content (AvgIpc) is 2.96. The summed E-state index contributed by atoms with van der Waals surface area (Å²) in [7, 11) is 3.88. The number of hydrogen-bond acceptors (Lipinski definition) is 6. The van der Waals surface area contributed by atoms with Crippen molar-refractivity contribution in [1.82, 2.24) is 0 Å². The van der Waals surface area contributed by atoms with Gasteiger partial charge in [0.1, 0.15) is 0 Å². The van der Waals surface area contributed by atoms with E-state index >= 15 is 0 Å². The number of rotatable bonds is 4. The van der Waals surface area contributed by atoms with Crippen molar-refractivity contribution >= 4 is 29.3 Å². The second-order valence-corrected chi connectivity index (χ2v) is 5.63. The highest BCUT2D eigenvalue weighted by Crippen LogP contribution is 2.21. The summed E-state index contributed by atoms with van der Waals surface area (Å²) in [4.78, 5) is 28.4. The molecule has 0 unspecified atom stereocenters. The molecule has 0 amide bonds. The minimum absolute atomic E-state index is 0.0127. The summed E-state index contributed by atoms with van der Waals surface area (Å²) >= 11 is 0. The van der Waals surface area contributed by atoms with E-state index in [-0.39, 0.29) is 17.3 Å². The molecule has 0 radical (unpaired) electrons. The van der Waals surface area contributed by atoms with Crippen molar-refractivity contribution in [2.75, 3.05) is 19.0 Å². The van der Waals surface area contributed by atoms with E-state index in [9.17, 15) is 14.9 Å². The number of esters is 1. The van der Waals surface area contributed by atoms with E-state index in [1.54, 1.807) is 12.1 Å². The van der Waals surface area contributed by atoms with Crippen LogP contribution in [0.2, 0.25) is 0 Å². The minimum Gasteiger partial charge on any atom is -0.402 e. The molecule has 1 aliphatic rings. The Balaban J connectivity index is 1.85. The molecule has 0 N–H and O–H groups in total. The number of nitro benzene ring substituents is 1. The number of benzene rings is 2. The molecule has 25 heavy (non-hydrogen) atoms. The fraction of sp³-hybridized carbons (Fsp3) is 0.111. The number of nitrogens with zero attached hydrogens (tertiary/aromatic N) is 3. The van der Waals surface area contributed by atoms with E-state index in [2.05, 4.69) is 4.99 Å². The average molecular weight is 337 g/mol. The van der Waals surface area contributed by atoms with Gasteiger partial charge in [0, 0.05) is 37.5 Å². The Labute approximate surface area is 144 Å². The zero-order valence-corrected chi connectivity index (χ0v) is 13.7. The molecule has 1 heterocycles. The number of anilines is 1. The van der Waals surface area contributed by atoms with Gasteiger partial charge in [0.15, 0.2) is 5.70 Å². The van der Waals surface area contributed by atoms with Crippen LogP contribution in [0.1, 0.15) is 11.1 Å². The van der Waals surface area contributed by atoms with Crippen LogP contribution in [0, 0.1) is 10.1 Å². The van der Waals surface area contributed by atoms with Crippen LogP contribution in [0.25, 0.3) is 6.08 Å². The van der Waals surface area contributed by atoms with Crippen molar-refractivity contribution in [3.8, 4) is 0 Å². The Morgan fingerprint density at radius 2 is 1.72 bits per heavy atom. The fourth-order valence-electron chi connectivity index (χ4n) is 2.28. The third-order valence-electron chi connectivity index (χ3n) is 3.66. The third-order valence-corrected chi connectivity index (χ3v) is 3.66. The summed E-state index contributed by atoms with van der Waals surface area (Å²) in [6.45, 7) is 0. The van der Waals surface area contributed by atoms with Gasteiger partial charge in [-0.1, -0.05) is 0 Å². The smallest absolute Gasteiger partial charge is 0.363 e. The van der Waals surface area contributed by atoms with Gasteiger partial charge in [-0.2, -0.15) is 0 Å². The lowest BCUT2D eigenvalue weighted by Gasteiger charge is -2.12. The highest BCUT2D eigenvalue weighted by molar-refractivity contribution is 6.12. The van der Waals surface area contributed by atoms with Crippen molar-refractivity contribution in [2.24, 2.45) is 4.99 Å². The van der Waals surface area contributed by atoms with Crippen molar-refractivity contribution in [3.63, 3.8) is 0 Å². The molecule has 0 fully saturated rings. The van der Waals surface area contributed by atoms with Gasteiger partial charge in [-0.05, 0) is 48.0 Å². The first-order valence-corrected chi connectivity index (χ1v) is 7.49. The molecule has 2 aromatic carbocycles. The number of ether oxygens (including phenoxy) is 1. The molecule has 2 aromatic rings. The third kappa shape index (κ3) is 3.55. The Morgan fingerprint density at radius 3 is 2.28 bits per heavy atom. The number of aliphatic imine (C=N–C) groups is 1. The largest absolute Gasteiger partial charge is 0.402 e. The summed E-state index contributed by atoms with van der Waals surface area (Å²) in [5.41, 5.74) is 2.49. The molecule has 7 nitrogen and oxygen atoms in total. The second-order valence-electron chi connectivity index (χ2n) is 5.63. The lowest BCUT2D eigenvalue weighted by atomic mass is 10.2. The molecule has 0 bridgehead atoms. The summed E-state index contributed by atoms with van der Waals surface area (Å²) in [6, 6.07) is 13.3. The topological polar surface area (TPSA) is 85.0 Å². The van der Waals surface area contributed by atoms with Gasteiger partial charge in [-0.15, -0.1) is 0 Å². The molecule has 0 saturated carbocycles. The molecular weight excluding hydrogens is 322 g/mol. The van der Waals surface area contributed by atoms with Crippen molar-refractivity contribution in [3.05, 3.63) is 75.5 Å². The van der Waals surface area contributed by atoms with Gasteiger partial charge in [0.05, 0.1) is 4.92 Å². The predicted molar refractivity (Wildman–Crippen MR) is 94.5 cm³/mol. The van der Waals surface area contributed by atoms with Crippen molar-refractivity contribution < 1.29 is 14.5 Å². The van der Waals surface area contributed by atoms with Crippen molar-refractivity contribution in [2.45, 2.75) is 0 Å². The summed E-state index contributed by atoms with van der Waals surface area (Å²) in [6.07, 6.45) is 1.53. The molecule has 0 aromatic heterocycles. The van der Waals surface area contributed by atoms with Gasteiger partial charge in [-0.3, -0.25) is 10.1 Å². The highest BCUT2D eigenvalue weighted by Gasteiger charge is 2.24. The lowest BCUT2D eigenvalue weighted by molar-refractivity contribution is -0.384. The maximum absolute atomic E-state index is 12.0. The first-order chi connectivity index (χ1) is 11.9. The van der Waals surface area contributed by atoms with Crippen molar-refractivity contribution in [1.29, 1.82) is 0 Å². The summed E-state index contributed by atoms with van der Waals surface area (Å²) < 4.78 is 5.22. The highest BCUT2D eigenvalue weighted by atomic mass is 16.6. The van der Waals surface area contributed by atoms with Crippen LogP contribution in [0.15, 0.2) is 59.2 Å². The molecule has 0 spiro atoms. The van der Waals surface area contributed by atoms with Gasteiger partial charge < -0.3 is 9.64 Å². The first kappa shape index (κ1) is 16.4. The molecule has 7 heteroatoms. The van der Waals surface area contributed by atoms with Gasteiger partial charge in [0.25, 0.3) is 5.69 Å². The Morgan fingerprint density at radius 1 is 1.08 bits per heavy atom. The van der Waals surface area contributed by atoms with Crippen LogP contribution >= 0.6 is 0 Å². The van der Waals surface area contributed by atoms with E-state index in [1.165, 1.54) is 18.2 Å². The van der Waals surface area contributed by atoms with Gasteiger partial charge >= 0.3 is 5.97 Å². The van der Waals surface area contributed by atoms with Crippen LogP contribution in [0.5, 0.6) is 0 Å². The van der Waals surface area contributed by atoms with Gasteiger partial charge in [0.2, 0.25) is 5.90 Å². The summed E-state index contributed by atoms with van der Waals surface area (Å²) in [5, 5.41) is 10.7. The molecule has 0 saturated heterocycles. The van der Waals surface area contributed by atoms with Crippen LogP contribution in [-0.4, -0.2) is 30.9 Å². The number of nitro groups is 1. The van der Waals surface area contributed by atoms with Crippen LogP contribution in [0.3, 0.4) is 0 Å². The van der Waals surface area contributed by atoms with Crippen LogP contribution in [0.4, 0.5) is 11.4 Å². The molecule has 0 atom stereocenters. The Bertz CT molecular complexity index is 882. The number of carbonyl (C=O) groups excluding carboxylic acids is 1. The lowest BCUT2D eigenvalue weighted by Crippen LogP contribution is -2.09. The number of cyclic esters (lactones) is 1. The Hall–Kier alpha value is -3.48. The molecular formula is C18H15N3O4. The van der Waals surface area contributed by atoms with Crippen LogP contribution < -0.4 is 4.90 Å². The zero-order valence-electron chi connectivity index (χ0n) is 13.7. The SMILES string of the molecule is CN(C)c1ccc(C2=NC(=Cc3ccc([N+](=O)[O-])cc3)C(=O)O2)cc1. The summed E-state index contributed by atoms with van der Waals surface area (Å²) in [5.74, 6) is -0.312. The van der Waals surface area contributed by atoms with Gasteiger partial charge in [-0.25, -0.2) is 9.79 Å². The quantitative estimate of drug-likeness (QED) is 0.370. The van der Waals surface area contributed by atoms with E-state index in [0.29, 0.717) is 11.1 Å². The number of non-ortho nitro benzene ring substituents is 1. The molecule has 126 valence electrons. The zero-order chi connectivity index (χ0) is 18.0. The molecule has 3 rings (SSSR count). The normalized spacial score (nSPS) is 15.0. The fourth-order valence-corrected chi connectivity index (χ4v) is 2.28. The maximum atomic E-state index is 12.0. The molecule has 1 aliphatic heterocycles. The maximum Gasteiger partial charge on any atom is 0.363 e. The second kappa shape index (κ2) is 6.56. The van der Waals surface area contributed by atoms with E-state index < -0.39 is 10.9 Å². The van der Waals surface area contributed by atoms with E-state index in [4.69, 9.17) is 4.74 Å². The van der Waals surface area contributed by atoms with E-state index in [0.717, 1.165) is 5.69 Å². The standard InChI is InChI=1S/C18H15N3O4/c1-20(2)14-9-5-13(6-10-14)17-19-16(18(22)25-17)11-12-3-7-15(8-4-12)21(23)24/h3-11H,1-2H3. The monoisotopic (exact) mass is 337 g/mol. The van der Waals surface area contributed by atoms with E-state index in [1.807, 2.05) is 43.3 Å². The predicted octanol–water partition coefficient (Wildman–Crippen LogP) is 3.01. The number of hydrogen-bond donors (Lipinski definition) is 0. The number of carbonyl (C=O) groups is 1. The first-order valence-electron chi connectivity index (χ1n) is 7.49. The molecule has 0 aliphatic carbocycles.